The van der Waals surface area contributed by atoms with Crippen molar-refractivity contribution in [2.45, 2.75) is 59.7 Å². The number of nitrogens with one attached hydrogen (secondary N) is 1. The number of aryl methyl sites for hydroxylation is 3. The molecule has 208 valence electrons. The fourth-order valence-electron chi connectivity index (χ4n) is 5.49. The Labute approximate surface area is 241 Å². The van der Waals surface area contributed by atoms with Crippen molar-refractivity contribution in [1.82, 2.24) is 24.4 Å². The summed E-state index contributed by atoms with van der Waals surface area (Å²) >= 11 is 3.36. The van der Waals surface area contributed by atoms with Crippen molar-refractivity contribution in [2.75, 3.05) is 11.9 Å². The number of aliphatic hydroxyl groups excluding tert-OH is 1. The Kier molecular flexibility index (Phi) is 7.74. The molecule has 0 spiro atoms. The van der Waals surface area contributed by atoms with Crippen molar-refractivity contribution in [3.8, 4) is 11.1 Å². The Morgan fingerprint density at radius 1 is 1.12 bits per heavy atom. The molecule has 1 fully saturated rings. The Bertz CT molecular complexity index is 1600. The fourth-order valence-corrected chi connectivity index (χ4v) is 5.80. The average molecular weight is 606 g/mol. The van der Waals surface area contributed by atoms with Gasteiger partial charge in [0.1, 0.15) is 28.8 Å². The van der Waals surface area contributed by atoms with Gasteiger partial charge in [0.15, 0.2) is 0 Å². The number of carbonyl (C=O) groups excluding carboxylic acids is 2. The number of pyridine rings is 1. The molecule has 4 heterocycles. The number of rotatable bonds is 6. The predicted molar refractivity (Wildman–Crippen MR) is 158 cm³/mol. The molecule has 10 heteroatoms. The van der Waals surface area contributed by atoms with Gasteiger partial charge in [0, 0.05) is 41.6 Å². The van der Waals surface area contributed by atoms with Crippen LogP contribution in [0.25, 0.3) is 22.0 Å². The molecule has 1 aliphatic heterocycles. The van der Waals surface area contributed by atoms with Gasteiger partial charge >= 0.3 is 0 Å². The molecule has 0 aliphatic carbocycles. The van der Waals surface area contributed by atoms with Crippen LogP contribution in [0.4, 0.5) is 5.82 Å². The van der Waals surface area contributed by atoms with E-state index in [1.54, 1.807) is 24.2 Å². The standard InChI is InChI=1S/C30H33BrN6O3/c1-16-8-25(30(40)35-29-17(2)6-7-26(31)34-29)37(13-16)27(39)15-36-14-24(19(4)38)23-10-21(9-18(3)28(23)36)22-11-32-20(5)33-12-22/h6-7,9-12,14,16,19,25,38H,8,13,15H2,1-5H3,(H,34,35,40). The van der Waals surface area contributed by atoms with E-state index in [2.05, 4.69) is 36.2 Å². The lowest BCUT2D eigenvalue weighted by molar-refractivity contribution is -0.137. The number of benzene rings is 1. The first-order valence-electron chi connectivity index (χ1n) is 13.4. The molecule has 0 saturated carbocycles. The van der Waals surface area contributed by atoms with Crippen LogP contribution in [-0.4, -0.2) is 53.9 Å². The summed E-state index contributed by atoms with van der Waals surface area (Å²) in [5.74, 6) is 0.978. The Hall–Kier alpha value is -3.63. The molecule has 3 atom stereocenters. The Balaban J connectivity index is 1.44. The van der Waals surface area contributed by atoms with Crippen LogP contribution in [0.5, 0.6) is 0 Å². The molecule has 0 bridgehead atoms. The highest BCUT2D eigenvalue weighted by atomic mass is 79.9. The highest BCUT2D eigenvalue weighted by Crippen LogP contribution is 2.34. The van der Waals surface area contributed by atoms with Gasteiger partial charge in [0.2, 0.25) is 11.8 Å². The monoisotopic (exact) mass is 604 g/mol. The number of aromatic nitrogens is 4. The molecule has 1 aromatic carbocycles. The first-order valence-corrected chi connectivity index (χ1v) is 14.1. The summed E-state index contributed by atoms with van der Waals surface area (Å²) < 4.78 is 2.52. The van der Waals surface area contributed by atoms with Gasteiger partial charge in [0.05, 0.1) is 11.6 Å². The predicted octanol–water partition coefficient (Wildman–Crippen LogP) is 5.11. The van der Waals surface area contributed by atoms with Crippen molar-refractivity contribution in [2.24, 2.45) is 5.92 Å². The minimum atomic E-state index is -0.728. The van der Waals surface area contributed by atoms with E-state index in [9.17, 15) is 14.7 Å². The summed E-state index contributed by atoms with van der Waals surface area (Å²) in [5, 5.41) is 14.4. The number of amides is 2. The van der Waals surface area contributed by atoms with Crippen molar-refractivity contribution in [3.05, 3.63) is 70.0 Å². The molecule has 3 unspecified atom stereocenters. The van der Waals surface area contributed by atoms with Crippen LogP contribution in [0.2, 0.25) is 0 Å². The van der Waals surface area contributed by atoms with Crippen LogP contribution in [0, 0.1) is 26.7 Å². The van der Waals surface area contributed by atoms with E-state index in [1.165, 1.54) is 0 Å². The summed E-state index contributed by atoms with van der Waals surface area (Å²) in [6, 6.07) is 7.17. The lowest BCUT2D eigenvalue weighted by atomic mass is 10.00. The van der Waals surface area contributed by atoms with E-state index in [0.717, 1.165) is 38.7 Å². The topological polar surface area (TPSA) is 113 Å². The highest BCUT2D eigenvalue weighted by Gasteiger charge is 2.38. The molecule has 5 rings (SSSR count). The molecular weight excluding hydrogens is 572 g/mol. The Morgan fingerprint density at radius 3 is 2.55 bits per heavy atom. The SMILES string of the molecule is Cc1ncc(-c2cc(C)c3c(c2)c(C(C)O)cn3CC(=O)N2CC(C)CC2C(=O)Nc2nc(Br)ccc2C)cn1. The summed E-state index contributed by atoms with van der Waals surface area (Å²) in [7, 11) is 0. The van der Waals surface area contributed by atoms with Gasteiger partial charge < -0.3 is 19.9 Å². The molecular formula is C30H33BrN6O3. The van der Waals surface area contributed by atoms with E-state index >= 15 is 0 Å². The van der Waals surface area contributed by atoms with Crippen LogP contribution >= 0.6 is 15.9 Å². The first kappa shape index (κ1) is 27.9. The third kappa shape index (κ3) is 5.51. The second-order valence-electron chi connectivity index (χ2n) is 10.8. The third-order valence-electron chi connectivity index (χ3n) is 7.50. The number of nitrogens with zero attached hydrogens (tertiary/aromatic N) is 5. The first-order chi connectivity index (χ1) is 19.0. The maximum atomic E-state index is 13.7. The lowest BCUT2D eigenvalue weighted by Crippen LogP contribution is -2.44. The van der Waals surface area contributed by atoms with Gasteiger partial charge in [-0.1, -0.05) is 13.0 Å². The van der Waals surface area contributed by atoms with Crippen LogP contribution in [0.3, 0.4) is 0 Å². The number of aliphatic hydroxyl groups is 1. The second kappa shape index (κ2) is 11.1. The lowest BCUT2D eigenvalue weighted by Gasteiger charge is -2.24. The summed E-state index contributed by atoms with van der Waals surface area (Å²) in [5.41, 5.74) is 5.25. The highest BCUT2D eigenvalue weighted by molar-refractivity contribution is 9.10. The van der Waals surface area contributed by atoms with Gasteiger partial charge in [-0.2, -0.15) is 0 Å². The number of carbonyl (C=O) groups is 2. The number of halogens is 1. The van der Waals surface area contributed by atoms with E-state index in [1.807, 2.05) is 62.7 Å². The van der Waals surface area contributed by atoms with E-state index < -0.39 is 12.1 Å². The average Bonchev–Trinajstić information content (AvgIpc) is 3.48. The zero-order valence-electron chi connectivity index (χ0n) is 23.3. The number of likely N-dealkylation sites (tertiary alicyclic amines) is 1. The number of fused-ring (bicyclic) bond motifs is 1. The van der Waals surface area contributed by atoms with Crippen LogP contribution < -0.4 is 5.32 Å². The Morgan fingerprint density at radius 2 is 1.85 bits per heavy atom. The smallest absolute Gasteiger partial charge is 0.248 e. The van der Waals surface area contributed by atoms with Gasteiger partial charge in [-0.05, 0) is 90.9 Å². The van der Waals surface area contributed by atoms with Crippen LogP contribution in [-0.2, 0) is 16.1 Å². The van der Waals surface area contributed by atoms with Crippen molar-refractivity contribution < 1.29 is 14.7 Å². The maximum absolute atomic E-state index is 13.7. The van der Waals surface area contributed by atoms with Gasteiger partial charge in [-0.15, -0.1) is 0 Å². The van der Waals surface area contributed by atoms with Crippen molar-refractivity contribution in [1.29, 1.82) is 0 Å². The third-order valence-corrected chi connectivity index (χ3v) is 7.94. The summed E-state index contributed by atoms with van der Waals surface area (Å²) in [4.78, 5) is 41.8. The largest absolute Gasteiger partial charge is 0.389 e. The quantitative estimate of drug-likeness (QED) is 0.296. The molecule has 4 aromatic rings. The minimum absolute atomic E-state index is 0.0573. The maximum Gasteiger partial charge on any atom is 0.248 e. The van der Waals surface area contributed by atoms with Gasteiger partial charge in [-0.25, -0.2) is 15.0 Å². The second-order valence-corrected chi connectivity index (χ2v) is 11.6. The van der Waals surface area contributed by atoms with Crippen LogP contribution in [0.1, 0.15) is 48.9 Å². The summed E-state index contributed by atoms with van der Waals surface area (Å²) in [6.07, 6.45) is 5.28. The van der Waals surface area contributed by atoms with E-state index in [4.69, 9.17) is 0 Å². The molecule has 2 amide bonds. The molecule has 0 radical (unpaired) electrons. The van der Waals surface area contributed by atoms with Gasteiger partial charge in [0.25, 0.3) is 0 Å². The van der Waals surface area contributed by atoms with Crippen molar-refractivity contribution >= 4 is 44.5 Å². The number of anilines is 1. The summed E-state index contributed by atoms with van der Waals surface area (Å²) in [6.45, 7) is 10.0. The molecule has 1 aliphatic rings. The van der Waals surface area contributed by atoms with Crippen LogP contribution in [0.15, 0.2) is 47.5 Å². The van der Waals surface area contributed by atoms with E-state index in [-0.39, 0.29) is 24.3 Å². The zero-order chi connectivity index (χ0) is 28.7. The van der Waals surface area contributed by atoms with Crippen molar-refractivity contribution in [3.63, 3.8) is 0 Å². The number of hydrogen-bond acceptors (Lipinski definition) is 6. The molecule has 9 nitrogen and oxygen atoms in total. The van der Waals surface area contributed by atoms with Gasteiger partial charge in [-0.3, -0.25) is 9.59 Å². The molecule has 2 N–H and O–H groups in total. The zero-order valence-corrected chi connectivity index (χ0v) is 24.9. The molecule has 1 saturated heterocycles. The molecule has 3 aromatic heterocycles. The minimum Gasteiger partial charge on any atom is -0.389 e. The number of hydrogen-bond donors (Lipinski definition) is 2. The van der Waals surface area contributed by atoms with E-state index in [0.29, 0.717) is 29.2 Å². The fraction of sp³-hybridized carbons (Fsp3) is 0.367. The molecule has 40 heavy (non-hydrogen) atoms. The normalized spacial score (nSPS) is 17.8.